The van der Waals surface area contributed by atoms with Crippen molar-refractivity contribution in [1.82, 2.24) is 15.1 Å². The Morgan fingerprint density at radius 3 is 2.50 bits per heavy atom. The Balaban J connectivity index is 1.30. The largest absolute Gasteiger partial charge is 0.492 e. The molecule has 1 fully saturated rings. The summed E-state index contributed by atoms with van der Waals surface area (Å²) < 4.78 is 20.0. The van der Waals surface area contributed by atoms with Crippen LogP contribution in [0.25, 0.3) is 5.57 Å². The molecule has 3 aromatic carbocycles. The van der Waals surface area contributed by atoms with E-state index in [-0.39, 0.29) is 29.7 Å². The van der Waals surface area contributed by atoms with Crippen LogP contribution >= 0.6 is 15.9 Å². The van der Waals surface area contributed by atoms with Gasteiger partial charge in [-0.2, -0.15) is 0 Å². The molecule has 0 spiro atoms. The molecule has 0 aliphatic carbocycles. The van der Waals surface area contributed by atoms with Gasteiger partial charge in [0, 0.05) is 51.3 Å². The molecule has 2 amide bonds. The molecule has 0 unspecified atom stereocenters. The summed E-state index contributed by atoms with van der Waals surface area (Å²) in [5, 5.41) is 3.62. The summed E-state index contributed by atoms with van der Waals surface area (Å²) in [6, 6.07) is 22.9. The minimum absolute atomic E-state index is 0.00650. The minimum atomic E-state index is -0.325. The van der Waals surface area contributed by atoms with Crippen LogP contribution < -0.4 is 10.1 Å². The summed E-state index contributed by atoms with van der Waals surface area (Å²) >= 11 is 3.40. The van der Waals surface area contributed by atoms with Crippen LogP contribution in [0.4, 0.5) is 4.39 Å². The van der Waals surface area contributed by atoms with E-state index in [0.717, 1.165) is 40.4 Å². The van der Waals surface area contributed by atoms with E-state index >= 15 is 0 Å². The van der Waals surface area contributed by atoms with E-state index in [1.54, 1.807) is 13.0 Å². The third-order valence-corrected chi connectivity index (χ3v) is 8.72. The number of nitrogens with zero attached hydrogens (tertiary/aromatic N) is 2. The molecule has 3 aromatic rings. The predicted octanol–water partition coefficient (Wildman–Crippen LogP) is 5.65. The van der Waals surface area contributed by atoms with Crippen LogP contribution in [0.1, 0.15) is 36.5 Å². The van der Waals surface area contributed by atoms with Gasteiger partial charge in [-0.3, -0.25) is 9.59 Å². The van der Waals surface area contributed by atoms with Crippen molar-refractivity contribution in [2.24, 2.45) is 0 Å². The molecule has 6 nitrogen and oxygen atoms in total. The van der Waals surface area contributed by atoms with Crippen molar-refractivity contribution in [3.05, 3.63) is 105 Å². The molecule has 220 valence electrons. The number of ether oxygens (including phenoxy) is 1. The average molecular weight is 635 g/mol. The first-order valence-electron chi connectivity index (χ1n) is 14.5. The number of rotatable bonds is 10. The van der Waals surface area contributed by atoms with Gasteiger partial charge < -0.3 is 19.9 Å². The number of halogens is 2. The molecule has 8 heteroatoms. The first-order valence-corrected chi connectivity index (χ1v) is 15.3. The van der Waals surface area contributed by atoms with Gasteiger partial charge in [-0.05, 0) is 76.0 Å². The van der Waals surface area contributed by atoms with Gasteiger partial charge in [-0.1, -0.05) is 54.6 Å². The highest BCUT2D eigenvalue weighted by atomic mass is 79.9. The second-order valence-corrected chi connectivity index (χ2v) is 12.0. The number of nitrogens with one attached hydrogen (secondary N) is 1. The molecular formula is C34H37BrFN3O3. The van der Waals surface area contributed by atoms with E-state index in [2.05, 4.69) is 57.6 Å². The minimum Gasteiger partial charge on any atom is -0.492 e. The van der Waals surface area contributed by atoms with Gasteiger partial charge in [-0.25, -0.2) is 4.39 Å². The topological polar surface area (TPSA) is 61.9 Å². The van der Waals surface area contributed by atoms with E-state index < -0.39 is 0 Å². The van der Waals surface area contributed by atoms with Crippen molar-refractivity contribution in [2.45, 2.75) is 44.7 Å². The van der Waals surface area contributed by atoms with Gasteiger partial charge in [0.05, 0.1) is 17.1 Å². The number of aryl methyl sites for hydroxylation is 1. The molecule has 0 saturated carbocycles. The second-order valence-electron chi connectivity index (χ2n) is 11.1. The molecular weight excluding hydrogens is 597 g/mol. The lowest BCUT2D eigenvalue weighted by atomic mass is 9.82. The van der Waals surface area contributed by atoms with E-state index in [1.165, 1.54) is 23.3 Å². The maximum atomic E-state index is 14.0. The van der Waals surface area contributed by atoms with Gasteiger partial charge in [0.1, 0.15) is 11.6 Å². The van der Waals surface area contributed by atoms with Crippen molar-refractivity contribution in [2.75, 3.05) is 33.3 Å². The van der Waals surface area contributed by atoms with Gasteiger partial charge in [0.25, 0.3) is 5.91 Å². The first-order chi connectivity index (χ1) is 20.3. The zero-order valence-corrected chi connectivity index (χ0v) is 25.7. The highest BCUT2D eigenvalue weighted by molar-refractivity contribution is 9.10. The van der Waals surface area contributed by atoms with Crippen LogP contribution in [-0.2, 0) is 22.4 Å². The number of hydrogen-bond donors (Lipinski definition) is 1. The molecule has 1 N–H and O–H groups in total. The fourth-order valence-electron chi connectivity index (χ4n) is 5.79. The molecule has 1 saturated heterocycles. The standard InChI is InChI=1S/C34H37BrFN3O3/c1-23(40)39-21-28-20-29(33(31(22-39)37-28)34(41)38(2)17-16-24-7-4-3-5-8-24)26-12-10-25(11-13-26)9-6-18-42-32-19-27(36)14-15-30(32)35/h3-5,7-8,10-15,19,28,31,37H,6,9,16-18,20-22H2,1-2H3/t28-,31-/m1/s1. The molecule has 2 aliphatic heterocycles. The molecule has 2 atom stereocenters. The van der Waals surface area contributed by atoms with E-state index in [0.29, 0.717) is 38.4 Å². The van der Waals surface area contributed by atoms with Crippen molar-refractivity contribution in [1.29, 1.82) is 0 Å². The number of hydrogen-bond acceptors (Lipinski definition) is 4. The molecule has 0 aromatic heterocycles. The monoisotopic (exact) mass is 633 g/mol. The fraction of sp³-hybridized carbons (Fsp3) is 0.353. The SMILES string of the molecule is CC(=O)N1C[C@H]2CC(c3ccc(CCCOc4cc(F)ccc4Br)cc3)=C(C(=O)N(C)CCc3ccccc3)[C@@H](C1)N2. The number of piperazine rings is 1. The van der Waals surface area contributed by atoms with Gasteiger partial charge in [0.2, 0.25) is 5.91 Å². The summed E-state index contributed by atoms with van der Waals surface area (Å²) in [7, 11) is 1.86. The first kappa shape index (κ1) is 30.0. The molecule has 2 bridgehead atoms. The Kier molecular flexibility index (Phi) is 9.75. The van der Waals surface area contributed by atoms with Crippen molar-refractivity contribution in [3.8, 4) is 5.75 Å². The molecule has 0 radical (unpaired) electrons. The van der Waals surface area contributed by atoms with Crippen LogP contribution in [-0.4, -0.2) is 67.0 Å². The molecule has 5 rings (SSSR count). The summed E-state index contributed by atoms with van der Waals surface area (Å²) in [5.74, 6) is 0.224. The predicted molar refractivity (Wildman–Crippen MR) is 167 cm³/mol. The number of likely N-dealkylation sites (N-methyl/N-ethyl adjacent to an activating group) is 1. The maximum Gasteiger partial charge on any atom is 0.251 e. The highest BCUT2D eigenvalue weighted by Crippen LogP contribution is 2.34. The Morgan fingerprint density at radius 2 is 1.76 bits per heavy atom. The number of amides is 2. The number of benzene rings is 3. The molecule has 2 heterocycles. The van der Waals surface area contributed by atoms with Crippen molar-refractivity contribution in [3.63, 3.8) is 0 Å². The Labute approximate surface area is 255 Å². The number of carbonyl (C=O) groups excluding carboxylic acids is 2. The fourth-order valence-corrected chi connectivity index (χ4v) is 6.15. The van der Waals surface area contributed by atoms with Gasteiger partial charge in [0.15, 0.2) is 0 Å². The third-order valence-electron chi connectivity index (χ3n) is 8.07. The van der Waals surface area contributed by atoms with Crippen LogP contribution in [0.3, 0.4) is 0 Å². The van der Waals surface area contributed by atoms with E-state index in [9.17, 15) is 14.0 Å². The summed E-state index contributed by atoms with van der Waals surface area (Å²) in [6.07, 6.45) is 3.07. The van der Waals surface area contributed by atoms with Gasteiger partial charge >= 0.3 is 0 Å². The zero-order valence-electron chi connectivity index (χ0n) is 24.1. The average Bonchev–Trinajstić information content (AvgIpc) is 2.99. The normalized spacial score (nSPS) is 18.1. The summed E-state index contributed by atoms with van der Waals surface area (Å²) in [6.45, 7) is 3.81. The molecule has 42 heavy (non-hydrogen) atoms. The van der Waals surface area contributed by atoms with Crippen LogP contribution in [0.5, 0.6) is 5.75 Å². The van der Waals surface area contributed by atoms with Crippen molar-refractivity contribution >= 4 is 33.3 Å². The number of fused-ring (bicyclic) bond motifs is 2. The lowest BCUT2D eigenvalue weighted by molar-refractivity contribution is -0.132. The zero-order chi connectivity index (χ0) is 29.6. The van der Waals surface area contributed by atoms with E-state index in [1.807, 2.05) is 35.0 Å². The summed E-state index contributed by atoms with van der Waals surface area (Å²) in [5.41, 5.74) is 5.24. The Morgan fingerprint density at radius 1 is 1.02 bits per heavy atom. The molecule has 2 aliphatic rings. The van der Waals surface area contributed by atoms with E-state index in [4.69, 9.17) is 4.74 Å². The van der Waals surface area contributed by atoms with Crippen LogP contribution in [0, 0.1) is 5.82 Å². The summed E-state index contributed by atoms with van der Waals surface area (Å²) in [4.78, 5) is 29.9. The maximum absolute atomic E-state index is 14.0. The highest BCUT2D eigenvalue weighted by Gasteiger charge is 2.39. The second kappa shape index (κ2) is 13.7. The smallest absolute Gasteiger partial charge is 0.251 e. The van der Waals surface area contributed by atoms with Gasteiger partial charge in [-0.15, -0.1) is 0 Å². The van der Waals surface area contributed by atoms with Crippen LogP contribution in [0.15, 0.2) is 82.8 Å². The lowest BCUT2D eigenvalue weighted by Crippen LogP contribution is -2.61. The van der Waals surface area contributed by atoms with Crippen molar-refractivity contribution < 1.29 is 18.7 Å². The third kappa shape index (κ3) is 7.28. The number of carbonyl (C=O) groups is 2. The lowest BCUT2D eigenvalue weighted by Gasteiger charge is -2.44. The quantitative estimate of drug-likeness (QED) is 0.293. The Bertz CT molecular complexity index is 1440. The Hall–Kier alpha value is -3.49. The van der Waals surface area contributed by atoms with Crippen LogP contribution in [0.2, 0.25) is 0 Å².